The summed E-state index contributed by atoms with van der Waals surface area (Å²) in [4.78, 5) is 14.9. The van der Waals surface area contributed by atoms with E-state index in [1.807, 2.05) is 0 Å². The molecule has 0 aliphatic rings. The minimum atomic E-state index is -4.36. The summed E-state index contributed by atoms with van der Waals surface area (Å²) in [5.41, 5.74) is 0. The second-order valence-electron chi connectivity index (χ2n) is 0.719. The minimum Gasteiger partial charge on any atom is -1.00 e. The lowest BCUT2D eigenvalue weighted by molar-refractivity contribution is -0.00000688. The van der Waals surface area contributed by atoms with Crippen molar-refractivity contribution in [1.82, 2.24) is 0 Å². The van der Waals surface area contributed by atoms with E-state index in [9.17, 15) is 4.11 Å². The molecule has 0 atom stereocenters. The van der Waals surface area contributed by atoms with Crippen molar-refractivity contribution in [1.29, 1.82) is 0 Å². The second kappa shape index (κ2) is 2.11. The van der Waals surface area contributed by atoms with E-state index in [2.05, 4.69) is 6.55 Å². The van der Waals surface area contributed by atoms with Gasteiger partial charge in [0.2, 0.25) is 0 Å². The Bertz CT molecular complexity index is 27.0. The summed E-state index contributed by atoms with van der Waals surface area (Å²) >= 11 is 0. The van der Waals surface area contributed by atoms with Gasteiger partial charge in [-0.05, 0) is 6.55 Å². The standard InChI is InChI=1S/CH4FO2Si.FH/c1-5(2,3)4;/h3-4H,1H2;1H/p-1. The van der Waals surface area contributed by atoms with E-state index in [0.29, 0.717) is 0 Å². The van der Waals surface area contributed by atoms with Crippen LogP contribution >= 0.6 is 0 Å². The molecular formula is CH4F2O2Si-. The zero-order chi connectivity index (χ0) is 4.50. The van der Waals surface area contributed by atoms with Crippen molar-refractivity contribution < 1.29 is 18.4 Å². The molecule has 0 aliphatic carbocycles. The normalized spacial score (nSPS) is 9.83. The average molecular weight is 114 g/mol. The van der Waals surface area contributed by atoms with Crippen molar-refractivity contribution in [3.63, 3.8) is 0 Å². The molecule has 0 unspecified atom stereocenters. The Morgan fingerprint density at radius 2 is 1.50 bits per heavy atom. The topological polar surface area (TPSA) is 40.5 Å². The van der Waals surface area contributed by atoms with E-state index in [-0.39, 0.29) is 4.70 Å². The molecule has 2 N–H and O–H groups in total. The molecule has 0 spiro atoms. The molecule has 0 heterocycles. The van der Waals surface area contributed by atoms with E-state index in [0.717, 1.165) is 0 Å². The lowest BCUT2D eigenvalue weighted by Gasteiger charge is -1.96. The van der Waals surface area contributed by atoms with Crippen LogP contribution in [0.4, 0.5) is 4.11 Å². The maximum atomic E-state index is 10.8. The predicted octanol–water partition coefficient (Wildman–Crippen LogP) is -3.74. The van der Waals surface area contributed by atoms with Crippen LogP contribution in [0.15, 0.2) is 0 Å². The van der Waals surface area contributed by atoms with Gasteiger partial charge in [0.25, 0.3) is 0 Å². The van der Waals surface area contributed by atoms with E-state index in [1.165, 1.54) is 0 Å². The quantitative estimate of drug-likeness (QED) is 0.193. The van der Waals surface area contributed by atoms with Crippen molar-refractivity contribution in [2.24, 2.45) is 0 Å². The van der Waals surface area contributed by atoms with Gasteiger partial charge in [-0.25, -0.2) is 0 Å². The SMILES string of the molecule is [CH2+][Si-](O)(O)F.[F-]. The summed E-state index contributed by atoms with van der Waals surface area (Å²) in [6.45, 7) is 2.35. The first-order valence-corrected chi connectivity index (χ1v) is 2.97. The third-order valence-corrected chi connectivity index (χ3v) is 0. The highest BCUT2D eigenvalue weighted by molar-refractivity contribution is 6.58. The van der Waals surface area contributed by atoms with Gasteiger partial charge in [-0.1, -0.05) is 0 Å². The maximum absolute atomic E-state index is 10.8. The molecule has 0 saturated carbocycles. The Hall–Kier alpha value is -0.133. The summed E-state index contributed by atoms with van der Waals surface area (Å²) in [6.07, 6.45) is 0. The first kappa shape index (κ1) is 9.29. The van der Waals surface area contributed by atoms with Crippen molar-refractivity contribution in [3.8, 4) is 0 Å². The number of halogens is 2. The molecular weight excluding hydrogens is 110 g/mol. The van der Waals surface area contributed by atoms with E-state index < -0.39 is 8.89 Å². The Morgan fingerprint density at radius 1 is 1.50 bits per heavy atom. The van der Waals surface area contributed by atoms with Gasteiger partial charge in [-0.2, -0.15) is 0 Å². The van der Waals surface area contributed by atoms with Crippen LogP contribution < -0.4 is 4.70 Å². The van der Waals surface area contributed by atoms with Crippen LogP contribution in [-0.2, 0) is 0 Å². The summed E-state index contributed by atoms with van der Waals surface area (Å²) in [7, 11) is -4.36. The molecule has 0 rings (SSSR count). The van der Waals surface area contributed by atoms with Crippen LogP contribution in [-0.4, -0.2) is 18.5 Å². The molecule has 0 radical (unpaired) electrons. The minimum absolute atomic E-state index is 0. The highest BCUT2D eigenvalue weighted by atomic mass is 28.4. The molecule has 0 saturated heterocycles. The van der Waals surface area contributed by atoms with E-state index in [4.69, 9.17) is 9.59 Å². The van der Waals surface area contributed by atoms with Gasteiger partial charge in [0.15, 0.2) is 0 Å². The Kier molecular flexibility index (Phi) is 3.27. The van der Waals surface area contributed by atoms with Crippen LogP contribution in [0.5, 0.6) is 0 Å². The fourth-order valence-electron chi connectivity index (χ4n) is 0. The van der Waals surface area contributed by atoms with Crippen molar-refractivity contribution in [3.05, 3.63) is 6.55 Å². The zero-order valence-electron chi connectivity index (χ0n) is 2.86. The lowest BCUT2D eigenvalue weighted by Crippen LogP contribution is -3.00. The summed E-state index contributed by atoms with van der Waals surface area (Å²) in [5, 5.41) is 0. The molecule has 5 heteroatoms. The number of rotatable bonds is 0. The molecule has 0 amide bonds. The molecule has 0 aromatic carbocycles. The number of hydrogen-bond acceptors (Lipinski definition) is 2. The Balaban J connectivity index is 0. The highest BCUT2D eigenvalue weighted by Gasteiger charge is 2.16. The molecule has 6 heavy (non-hydrogen) atoms. The highest BCUT2D eigenvalue weighted by Crippen LogP contribution is 1.84. The van der Waals surface area contributed by atoms with Gasteiger partial charge in [0, 0.05) is 0 Å². The fraction of sp³-hybridized carbons (Fsp3) is 0. The average Bonchev–Trinajstić information content (AvgIpc) is 0.722. The van der Waals surface area contributed by atoms with Crippen LogP contribution in [0.25, 0.3) is 0 Å². The zero-order valence-corrected chi connectivity index (χ0v) is 3.86. The smallest absolute Gasteiger partial charge is 0.556 e. The van der Waals surface area contributed by atoms with Crippen molar-refractivity contribution >= 4 is 8.89 Å². The largest absolute Gasteiger partial charge is 1.00 e. The van der Waals surface area contributed by atoms with Crippen LogP contribution in [0.2, 0.25) is 0 Å². The summed E-state index contributed by atoms with van der Waals surface area (Å²) < 4.78 is 10.8. The van der Waals surface area contributed by atoms with E-state index >= 15 is 0 Å². The number of hydrogen-bond donors (Lipinski definition) is 2. The van der Waals surface area contributed by atoms with Gasteiger partial charge in [-0.15, -0.1) is 0 Å². The Morgan fingerprint density at radius 3 is 1.50 bits per heavy atom. The molecule has 0 bridgehead atoms. The van der Waals surface area contributed by atoms with Crippen molar-refractivity contribution in [2.75, 3.05) is 0 Å². The molecule has 39 valence electrons. The van der Waals surface area contributed by atoms with Gasteiger partial charge in [0.05, 0.1) is 0 Å². The van der Waals surface area contributed by atoms with E-state index in [1.54, 1.807) is 0 Å². The first-order chi connectivity index (χ1) is 2.00. The van der Waals surface area contributed by atoms with Gasteiger partial charge in [-0.3, -0.25) is 0 Å². The summed E-state index contributed by atoms with van der Waals surface area (Å²) in [6, 6.07) is 0. The predicted molar refractivity (Wildman–Crippen MR) is 16.7 cm³/mol. The lowest BCUT2D eigenvalue weighted by atomic mass is 11.9. The van der Waals surface area contributed by atoms with Gasteiger partial charge in [0.1, 0.15) is 0 Å². The molecule has 0 aliphatic heterocycles. The third kappa shape index (κ3) is 1790. The van der Waals surface area contributed by atoms with Crippen LogP contribution in [0, 0.1) is 6.55 Å². The molecule has 0 fully saturated rings. The maximum Gasteiger partial charge on any atom is 0.556 e. The molecule has 2 nitrogen and oxygen atoms in total. The molecule has 0 aromatic heterocycles. The van der Waals surface area contributed by atoms with Crippen LogP contribution in [0.1, 0.15) is 0 Å². The Labute approximate surface area is 35.0 Å². The van der Waals surface area contributed by atoms with Crippen LogP contribution in [0.3, 0.4) is 0 Å². The summed E-state index contributed by atoms with van der Waals surface area (Å²) in [5.74, 6) is 0. The van der Waals surface area contributed by atoms with Crippen molar-refractivity contribution in [2.45, 2.75) is 0 Å². The second-order valence-corrected chi connectivity index (χ2v) is 2.16. The molecule has 0 aromatic rings. The first-order valence-electron chi connectivity index (χ1n) is 0.990. The fourth-order valence-corrected chi connectivity index (χ4v) is 0. The van der Waals surface area contributed by atoms with Gasteiger partial charge >= 0.3 is 8.89 Å². The van der Waals surface area contributed by atoms with Gasteiger partial charge < -0.3 is 18.4 Å². The monoisotopic (exact) mass is 114 g/mol. The third-order valence-electron chi connectivity index (χ3n) is 0.